The lowest BCUT2D eigenvalue weighted by Gasteiger charge is -2.14. The van der Waals surface area contributed by atoms with Crippen molar-refractivity contribution in [2.75, 3.05) is 13.2 Å². The Morgan fingerprint density at radius 2 is 1.95 bits per heavy atom. The zero-order chi connectivity index (χ0) is 15.8. The molecule has 2 atom stereocenters. The third-order valence-electron chi connectivity index (χ3n) is 4.42. The lowest BCUT2D eigenvalue weighted by atomic mass is 9.93. The van der Waals surface area contributed by atoms with Gasteiger partial charge in [-0.2, -0.15) is 0 Å². The zero-order valence-electron chi connectivity index (χ0n) is 13.8. The van der Waals surface area contributed by atoms with E-state index in [4.69, 9.17) is 9.47 Å². The van der Waals surface area contributed by atoms with Crippen molar-refractivity contribution in [3.05, 3.63) is 35.9 Å². The molecule has 1 fully saturated rings. The molecule has 122 valence electrons. The lowest BCUT2D eigenvalue weighted by molar-refractivity contribution is -0.149. The number of carbonyl (C=O) groups excluding carboxylic acids is 1. The van der Waals surface area contributed by atoms with Crippen molar-refractivity contribution in [2.45, 2.75) is 58.0 Å². The van der Waals surface area contributed by atoms with E-state index in [0.717, 1.165) is 25.7 Å². The van der Waals surface area contributed by atoms with Crippen molar-refractivity contribution in [1.29, 1.82) is 0 Å². The van der Waals surface area contributed by atoms with Crippen LogP contribution in [0.25, 0.3) is 0 Å². The summed E-state index contributed by atoms with van der Waals surface area (Å²) in [4.78, 5) is 11.8. The highest BCUT2D eigenvalue weighted by atomic mass is 16.6. The summed E-state index contributed by atoms with van der Waals surface area (Å²) in [5.74, 6) is 0.522. The summed E-state index contributed by atoms with van der Waals surface area (Å²) >= 11 is 0. The second-order valence-electron chi connectivity index (χ2n) is 6.38. The average Bonchev–Trinajstić information content (AvgIpc) is 3.30. The summed E-state index contributed by atoms with van der Waals surface area (Å²) < 4.78 is 10.4. The average molecular weight is 304 g/mol. The molecule has 3 nitrogen and oxygen atoms in total. The van der Waals surface area contributed by atoms with Gasteiger partial charge in [-0.05, 0) is 44.1 Å². The molecular formula is C19H28O3. The van der Waals surface area contributed by atoms with Crippen LogP contribution in [0.5, 0.6) is 0 Å². The van der Waals surface area contributed by atoms with Crippen molar-refractivity contribution in [3.63, 3.8) is 0 Å². The van der Waals surface area contributed by atoms with E-state index in [0.29, 0.717) is 19.1 Å². The van der Waals surface area contributed by atoms with E-state index < -0.39 is 5.60 Å². The Balaban J connectivity index is 1.58. The van der Waals surface area contributed by atoms with Gasteiger partial charge in [0.25, 0.3) is 0 Å². The summed E-state index contributed by atoms with van der Waals surface area (Å²) in [7, 11) is 0. The van der Waals surface area contributed by atoms with Crippen LogP contribution in [0, 0.1) is 5.92 Å². The van der Waals surface area contributed by atoms with Gasteiger partial charge in [-0.1, -0.05) is 50.1 Å². The topological polar surface area (TPSA) is 38.8 Å². The van der Waals surface area contributed by atoms with Crippen LogP contribution in [0.2, 0.25) is 0 Å². The fourth-order valence-electron chi connectivity index (χ4n) is 2.89. The highest BCUT2D eigenvalue weighted by molar-refractivity contribution is 5.82. The largest absolute Gasteiger partial charge is 0.464 e. The van der Waals surface area contributed by atoms with E-state index in [1.807, 2.05) is 6.92 Å². The van der Waals surface area contributed by atoms with E-state index in [-0.39, 0.29) is 5.97 Å². The maximum atomic E-state index is 11.8. The van der Waals surface area contributed by atoms with Crippen LogP contribution >= 0.6 is 0 Å². The quantitative estimate of drug-likeness (QED) is 0.481. The van der Waals surface area contributed by atoms with Gasteiger partial charge >= 0.3 is 5.97 Å². The number of carbonyl (C=O) groups is 1. The smallest absolute Gasteiger partial charge is 0.340 e. The van der Waals surface area contributed by atoms with E-state index in [2.05, 4.69) is 37.3 Å². The highest BCUT2D eigenvalue weighted by Crippen LogP contribution is 2.35. The van der Waals surface area contributed by atoms with Gasteiger partial charge in [-0.3, -0.25) is 0 Å². The molecule has 0 radical (unpaired) electrons. The maximum absolute atomic E-state index is 11.8. The van der Waals surface area contributed by atoms with Crippen LogP contribution in [-0.2, 0) is 20.7 Å². The molecule has 0 aliphatic carbocycles. The molecule has 0 saturated carbocycles. The summed E-state index contributed by atoms with van der Waals surface area (Å²) in [5, 5.41) is 0. The number of hydrogen-bond acceptors (Lipinski definition) is 3. The first-order chi connectivity index (χ1) is 10.7. The highest BCUT2D eigenvalue weighted by Gasteiger charge is 2.52. The van der Waals surface area contributed by atoms with Crippen LogP contribution in [0.1, 0.15) is 51.5 Å². The van der Waals surface area contributed by atoms with Crippen LogP contribution in [0.3, 0.4) is 0 Å². The number of hydrogen-bond donors (Lipinski definition) is 0. The van der Waals surface area contributed by atoms with Crippen LogP contribution in [-0.4, -0.2) is 24.8 Å². The molecule has 0 aromatic heterocycles. The standard InChI is InChI=1S/C19H28O3/c1-3-21-18(20)19(15-22-19)14-8-10-16(2)9-7-13-17-11-5-4-6-12-17/h4-6,11-12,16H,3,7-10,13-15H2,1-2H3. The maximum Gasteiger partial charge on any atom is 0.340 e. The van der Waals surface area contributed by atoms with Crippen LogP contribution < -0.4 is 0 Å². The Bertz CT molecular complexity index is 451. The number of benzene rings is 1. The normalized spacial score (nSPS) is 21.4. The second-order valence-corrected chi connectivity index (χ2v) is 6.38. The SMILES string of the molecule is CCOC(=O)C1(CCCC(C)CCCc2ccccc2)CO1. The fourth-order valence-corrected chi connectivity index (χ4v) is 2.89. The number of esters is 1. The first-order valence-electron chi connectivity index (χ1n) is 8.51. The Hall–Kier alpha value is -1.35. The lowest BCUT2D eigenvalue weighted by Crippen LogP contribution is -2.27. The van der Waals surface area contributed by atoms with Crippen molar-refractivity contribution in [1.82, 2.24) is 0 Å². The van der Waals surface area contributed by atoms with Crippen molar-refractivity contribution < 1.29 is 14.3 Å². The minimum atomic E-state index is -0.597. The van der Waals surface area contributed by atoms with Gasteiger partial charge in [-0.15, -0.1) is 0 Å². The molecule has 0 amide bonds. The first-order valence-corrected chi connectivity index (χ1v) is 8.51. The summed E-state index contributed by atoms with van der Waals surface area (Å²) in [6.45, 7) is 5.10. The number of aryl methyl sites for hydroxylation is 1. The third-order valence-corrected chi connectivity index (χ3v) is 4.42. The van der Waals surface area contributed by atoms with Gasteiger partial charge in [0.2, 0.25) is 0 Å². The zero-order valence-corrected chi connectivity index (χ0v) is 13.8. The Morgan fingerprint density at radius 1 is 1.27 bits per heavy atom. The van der Waals surface area contributed by atoms with E-state index in [1.165, 1.54) is 18.4 Å². The van der Waals surface area contributed by atoms with Crippen molar-refractivity contribution >= 4 is 5.97 Å². The monoisotopic (exact) mass is 304 g/mol. The summed E-state index contributed by atoms with van der Waals surface area (Å²) in [5.41, 5.74) is 0.821. The summed E-state index contributed by atoms with van der Waals surface area (Å²) in [6, 6.07) is 10.6. The van der Waals surface area contributed by atoms with Gasteiger partial charge < -0.3 is 9.47 Å². The summed E-state index contributed by atoms with van der Waals surface area (Å²) in [6.07, 6.45) is 6.60. The minimum Gasteiger partial charge on any atom is -0.464 e. The fraction of sp³-hybridized carbons (Fsp3) is 0.632. The number of rotatable bonds is 10. The predicted molar refractivity (Wildman–Crippen MR) is 87.7 cm³/mol. The molecule has 1 aromatic carbocycles. The van der Waals surface area contributed by atoms with Crippen molar-refractivity contribution in [2.24, 2.45) is 5.92 Å². The van der Waals surface area contributed by atoms with E-state index >= 15 is 0 Å². The molecular weight excluding hydrogens is 276 g/mol. The molecule has 2 rings (SSSR count). The molecule has 0 spiro atoms. The number of epoxide rings is 1. The molecule has 1 heterocycles. The van der Waals surface area contributed by atoms with Crippen LogP contribution in [0.15, 0.2) is 30.3 Å². The molecule has 2 unspecified atom stereocenters. The van der Waals surface area contributed by atoms with Crippen molar-refractivity contribution in [3.8, 4) is 0 Å². The molecule has 1 aliphatic rings. The molecule has 0 bridgehead atoms. The number of ether oxygens (including phenoxy) is 2. The molecule has 0 N–H and O–H groups in total. The minimum absolute atomic E-state index is 0.174. The molecule has 1 saturated heterocycles. The van der Waals surface area contributed by atoms with Gasteiger partial charge in [-0.25, -0.2) is 4.79 Å². The van der Waals surface area contributed by atoms with E-state index in [1.54, 1.807) is 0 Å². The van der Waals surface area contributed by atoms with Gasteiger partial charge in [0.05, 0.1) is 13.2 Å². The third kappa shape index (κ3) is 5.13. The molecule has 3 heteroatoms. The van der Waals surface area contributed by atoms with Gasteiger partial charge in [0.1, 0.15) is 0 Å². The van der Waals surface area contributed by atoms with Crippen LogP contribution in [0.4, 0.5) is 0 Å². The first kappa shape index (κ1) is 17.0. The second kappa shape index (κ2) is 8.33. The Labute approximate surface area is 134 Å². The van der Waals surface area contributed by atoms with Gasteiger partial charge in [0.15, 0.2) is 5.60 Å². The molecule has 22 heavy (non-hydrogen) atoms. The Morgan fingerprint density at radius 3 is 2.59 bits per heavy atom. The van der Waals surface area contributed by atoms with Gasteiger partial charge in [0, 0.05) is 0 Å². The molecule has 1 aromatic rings. The molecule has 1 aliphatic heterocycles. The van der Waals surface area contributed by atoms with E-state index in [9.17, 15) is 4.79 Å². The Kier molecular flexibility index (Phi) is 6.44. The predicted octanol–water partition coefficient (Wildman–Crippen LogP) is 4.15.